The normalized spacial score (nSPS) is 10.9. The lowest BCUT2D eigenvalue weighted by molar-refractivity contribution is -0.133. The third-order valence-corrected chi connectivity index (χ3v) is 3.63. The molecule has 0 saturated carbocycles. The highest BCUT2D eigenvalue weighted by Crippen LogP contribution is 2.25. The highest BCUT2D eigenvalue weighted by atomic mass is 32.2. The van der Waals surface area contributed by atoms with E-state index in [0.29, 0.717) is 5.16 Å². The first-order valence-corrected chi connectivity index (χ1v) is 6.93. The monoisotopic (exact) mass is 280 g/mol. The summed E-state index contributed by atoms with van der Waals surface area (Å²) in [6, 6.07) is 0. The molecule has 1 N–H and O–H groups in total. The molecular weight excluding hydrogens is 264 g/mol. The first-order valence-electron chi connectivity index (χ1n) is 5.94. The van der Waals surface area contributed by atoms with Gasteiger partial charge in [-0.1, -0.05) is 18.7 Å². The van der Waals surface area contributed by atoms with Crippen molar-refractivity contribution in [2.45, 2.75) is 25.4 Å². The summed E-state index contributed by atoms with van der Waals surface area (Å²) >= 11 is 1.21. The van der Waals surface area contributed by atoms with Gasteiger partial charge in [0, 0.05) is 25.1 Å². The molecule has 19 heavy (non-hydrogen) atoms. The van der Waals surface area contributed by atoms with Gasteiger partial charge >= 0.3 is 5.97 Å². The fourth-order valence-electron chi connectivity index (χ4n) is 1.90. The fraction of sp³-hybridized carbons (Fsp3) is 0.417. The number of carboxylic acid groups (broad SMARTS) is 1. The van der Waals surface area contributed by atoms with Crippen molar-refractivity contribution in [1.29, 1.82) is 0 Å². The minimum absolute atomic E-state index is 0.00181. The Morgan fingerprint density at radius 3 is 2.89 bits per heavy atom. The van der Waals surface area contributed by atoms with E-state index in [9.17, 15) is 4.79 Å². The molecule has 2 aromatic rings. The quantitative estimate of drug-likeness (QED) is 0.843. The van der Waals surface area contributed by atoms with Crippen LogP contribution in [0.1, 0.15) is 18.3 Å². The number of carbonyl (C=O) groups is 1. The van der Waals surface area contributed by atoms with Crippen LogP contribution in [0.15, 0.2) is 17.6 Å². The van der Waals surface area contributed by atoms with Gasteiger partial charge in [0.1, 0.15) is 0 Å². The van der Waals surface area contributed by atoms with Crippen LogP contribution in [0.25, 0.3) is 5.69 Å². The number of nitrogens with zero attached hydrogens (tertiary/aromatic N) is 4. The Kier molecular flexibility index (Phi) is 3.94. The number of imidazole rings is 1. The summed E-state index contributed by atoms with van der Waals surface area (Å²) in [6.45, 7) is 3.99. The Morgan fingerprint density at radius 2 is 2.26 bits per heavy atom. The number of rotatable bonds is 5. The van der Waals surface area contributed by atoms with Gasteiger partial charge in [0.2, 0.25) is 0 Å². The van der Waals surface area contributed by atoms with Crippen molar-refractivity contribution in [1.82, 2.24) is 19.3 Å². The Hall–Kier alpha value is -1.76. The lowest BCUT2D eigenvalue weighted by Crippen LogP contribution is -2.04. The number of thioether (sulfide) groups is 1. The van der Waals surface area contributed by atoms with Gasteiger partial charge in [-0.3, -0.25) is 14.0 Å². The number of hydrogen-bond acceptors (Lipinski definition) is 4. The number of aryl methyl sites for hydroxylation is 3. The van der Waals surface area contributed by atoms with E-state index in [1.807, 2.05) is 31.7 Å². The summed E-state index contributed by atoms with van der Waals surface area (Å²) in [4.78, 5) is 15.0. The first kappa shape index (κ1) is 13.7. The van der Waals surface area contributed by atoms with Crippen LogP contribution in [0.5, 0.6) is 0 Å². The van der Waals surface area contributed by atoms with Crippen molar-refractivity contribution in [2.24, 2.45) is 7.05 Å². The van der Waals surface area contributed by atoms with Gasteiger partial charge in [-0.2, -0.15) is 5.10 Å². The molecule has 0 atom stereocenters. The molecule has 2 heterocycles. The van der Waals surface area contributed by atoms with Crippen LogP contribution in [0.2, 0.25) is 0 Å². The molecule has 2 aromatic heterocycles. The molecule has 0 aromatic carbocycles. The van der Waals surface area contributed by atoms with Crippen molar-refractivity contribution in [3.63, 3.8) is 0 Å². The maximum Gasteiger partial charge on any atom is 0.313 e. The van der Waals surface area contributed by atoms with Crippen molar-refractivity contribution < 1.29 is 9.90 Å². The molecule has 0 aliphatic carbocycles. The average molecular weight is 280 g/mol. The van der Waals surface area contributed by atoms with Crippen LogP contribution in [-0.4, -0.2) is 36.2 Å². The van der Waals surface area contributed by atoms with Crippen molar-refractivity contribution >= 4 is 17.7 Å². The number of hydrogen-bond donors (Lipinski definition) is 1. The Labute approximate surface area is 115 Å². The first-order chi connectivity index (χ1) is 9.02. The molecule has 0 unspecified atom stereocenters. The summed E-state index contributed by atoms with van der Waals surface area (Å²) in [7, 11) is 1.87. The molecule has 0 amide bonds. The van der Waals surface area contributed by atoms with Crippen LogP contribution >= 0.6 is 11.8 Å². The molecule has 0 saturated heterocycles. The van der Waals surface area contributed by atoms with Gasteiger partial charge in [-0.25, -0.2) is 4.98 Å². The number of carboxylic acids is 1. The largest absolute Gasteiger partial charge is 0.481 e. The van der Waals surface area contributed by atoms with E-state index in [0.717, 1.165) is 23.5 Å². The summed E-state index contributed by atoms with van der Waals surface area (Å²) in [5.41, 5.74) is 2.91. The maximum absolute atomic E-state index is 10.7. The molecule has 0 aliphatic heterocycles. The third-order valence-electron chi connectivity index (χ3n) is 2.69. The topological polar surface area (TPSA) is 72.9 Å². The molecule has 7 heteroatoms. The molecule has 0 bridgehead atoms. The van der Waals surface area contributed by atoms with E-state index < -0.39 is 5.97 Å². The van der Waals surface area contributed by atoms with Gasteiger partial charge in [-0.05, 0) is 13.3 Å². The van der Waals surface area contributed by atoms with Crippen LogP contribution in [0, 0.1) is 6.92 Å². The van der Waals surface area contributed by atoms with Gasteiger partial charge in [0.25, 0.3) is 0 Å². The lowest BCUT2D eigenvalue weighted by Gasteiger charge is -2.08. The molecule has 2 rings (SSSR count). The SMILES string of the molecule is CCc1nn(C)cc1-n1c(C)cnc1SCC(=O)O. The van der Waals surface area contributed by atoms with Crippen LogP contribution < -0.4 is 0 Å². The minimum Gasteiger partial charge on any atom is -0.481 e. The zero-order valence-corrected chi connectivity index (χ0v) is 11.9. The standard InChI is InChI=1S/C12H16N4O2S/c1-4-9-10(6-15(3)14-9)16-8(2)5-13-12(16)19-7-11(17)18/h5-6H,4,7H2,1-3H3,(H,17,18). The summed E-state index contributed by atoms with van der Waals surface area (Å²) in [5, 5.41) is 13.9. The van der Waals surface area contributed by atoms with E-state index in [-0.39, 0.29) is 5.75 Å². The maximum atomic E-state index is 10.7. The van der Waals surface area contributed by atoms with Crippen molar-refractivity contribution in [3.8, 4) is 5.69 Å². The summed E-state index contributed by atoms with van der Waals surface area (Å²) in [6.07, 6.45) is 4.49. The molecule has 102 valence electrons. The van der Waals surface area contributed by atoms with Gasteiger partial charge in [0.05, 0.1) is 17.1 Å². The van der Waals surface area contributed by atoms with Gasteiger partial charge in [-0.15, -0.1) is 0 Å². The number of aliphatic carboxylic acids is 1. The number of aromatic nitrogens is 4. The second-order valence-electron chi connectivity index (χ2n) is 4.19. The second-order valence-corrected chi connectivity index (χ2v) is 5.13. The van der Waals surface area contributed by atoms with Gasteiger partial charge < -0.3 is 5.11 Å². The van der Waals surface area contributed by atoms with Crippen molar-refractivity contribution in [2.75, 3.05) is 5.75 Å². The smallest absolute Gasteiger partial charge is 0.313 e. The van der Waals surface area contributed by atoms with Crippen LogP contribution in [0.3, 0.4) is 0 Å². The Bertz CT molecular complexity index is 603. The van der Waals surface area contributed by atoms with E-state index in [1.54, 1.807) is 10.9 Å². The zero-order valence-electron chi connectivity index (χ0n) is 11.1. The van der Waals surface area contributed by atoms with E-state index in [2.05, 4.69) is 10.1 Å². The molecule has 0 fully saturated rings. The van der Waals surface area contributed by atoms with E-state index in [4.69, 9.17) is 5.11 Å². The second kappa shape index (κ2) is 5.48. The molecule has 0 spiro atoms. The molecule has 0 radical (unpaired) electrons. The Morgan fingerprint density at radius 1 is 1.53 bits per heavy atom. The van der Waals surface area contributed by atoms with E-state index >= 15 is 0 Å². The lowest BCUT2D eigenvalue weighted by atomic mass is 10.3. The highest BCUT2D eigenvalue weighted by Gasteiger charge is 2.16. The Balaban J connectivity index is 2.42. The average Bonchev–Trinajstić information content (AvgIpc) is 2.89. The molecule has 6 nitrogen and oxygen atoms in total. The fourth-order valence-corrected chi connectivity index (χ4v) is 2.65. The summed E-state index contributed by atoms with van der Waals surface area (Å²) in [5.74, 6) is -0.850. The summed E-state index contributed by atoms with van der Waals surface area (Å²) < 4.78 is 3.72. The van der Waals surface area contributed by atoms with Crippen LogP contribution in [-0.2, 0) is 18.3 Å². The molecular formula is C12H16N4O2S. The van der Waals surface area contributed by atoms with Crippen LogP contribution in [0.4, 0.5) is 0 Å². The predicted octanol–water partition coefficient (Wildman–Crippen LogP) is 1.65. The predicted molar refractivity (Wildman–Crippen MR) is 72.8 cm³/mol. The zero-order chi connectivity index (χ0) is 14.0. The molecule has 0 aliphatic rings. The third kappa shape index (κ3) is 2.81. The van der Waals surface area contributed by atoms with E-state index in [1.165, 1.54) is 11.8 Å². The van der Waals surface area contributed by atoms with Crippen molar-refractivity contribution in [3.05, 3.63) is 23.8 Å². The minimum atomic E-state index is -0.848. The van der Waals surface area contributed by atoms with Gasteiger partial charge in [0.15, 0.2) is 5.16 Å². The highest BCUT2D eigenvalue weighted by molar-refractivity contribution is 7.99.